The fraction of sp³-hybridized carbons (Fsp3) is 1.00. The number of hydrogen-bond donors (Lipinski definition) is 0. The molecule has 0 rings (SSSR count). The van der Waals surface area contributed by atoms with Crippen LogP contribution in [0, 0.1) is 0 Å². The summed E-state index contributed by atoms with van der Waals surface area (Å²) in [7, 11) is 0. The summed E-state index contributed by atoms with van der Waals surface area (Å²) < 4.78 is 0. The van der Waals surface area contributed by atoms with E-state index in [1.807, 2.05) is 0 Å². The standard InChI is InChI=1S/C8H19N2/c1-5-7-9-10(6-2)8(3)4/h8H,5-7H2,1-4H3. The van der Waals surface area contributed by atoms with Gasteiger partial charge in [0.1, 0.15) is 0 Å². The summed E-state index contributed by atoms with van der Waals surface area (Å²) in [6.07, 6.45) is 1.14. The Bertz CT molecular complexity index is 71.7. The highest BCUT2D eigenvalue weighted by atomic mass is 15.5. The van der Waals surface area contributed by atoms with Gasteiger partial charge in [0.25, 0.3) is 0 Å². The second kappa shape index (κ2) is 5.69. The van der Waals surface area contributed by atoms with E-state index in [-0.39, 0.29) is 0 Å². The van der Waals surface area contributed by atoms with Crippen LogP contribution < -0.4 is 5.43 Å². The average molecular weight is 143 g/mol. The first-order valence-electron chi connectivity index (χ1n) is 4.16. The molecule has 0 unspecified atom stereocenters. The molecule has 61 valence electrons. The molecule has 0 bridgehead atoms. The quantitative estimate of drug-likeness (QED) is 0.535. The molecule has 1 radical (unpaired) electrons. The number of rotatable bonds is 5. The Morgan fingerprint density at radius 3 is 2.20 bits per heavy atom. The minimum atomic E-state index is 0.552. The second-order valence-corrected chi connectivity index (χ2v) is 2.71. The lowest BCUT2D eigenvalue weighted by atomic mass is 10.4. The molecule has 0 aromatic carbocycles. The van der Waals surface area contributed by atoms with Gasteiger partial charge in [0.15, 0.2) is 0 Å². The highest BCUT2D eigenvalue weighted by Gasteiger charge is 2.04. The fourth-order valence-electron chi connectivity index (χ4n) is 0.857. The Kier molecular flexibility index (Phi) is 5.64. The summed E-state index contributed by atoms with van der Waals surface area (Å²) in [6.45, 7) is 10.6. The van der Waals surface area contributed by atoms with Crippen molar-refractivity contribution in [1.82, 2.24) is 10.4 Å². The lowest BCUT2D eigenvalue weighted by molar-refractivity contribution is 0.146. The largest absolute Gasteiger partial charge is 0.225 e. The van der Waals surface area contributed by atoms with Crippen molar-refractivity contribution in [2.75, 3.05) is 13.1 Å². The van der Waals surface area contributed by atoms with Crippen LogP contribution in [0.15, 0.2) is 0 Å². The maximum Gasteiger partial charge on any atom is 0.0304 e. The van der Waals surface area contributed by atoms with E-state index >= 15 is 0 Å². The van der Waals surface area contributed by atoms with Gasteiger partial charge in [-0.15, -0.1) is 0 Å². The van der Waals surface area contributed by atoms with Crippen LogP contribution in [0.3, 0.4) is 0 Å². The van der Waals surface area contributed by atoms with Gasteiger partial charge in [-0.2, -0.15) is 5.43 Å². The van der Waals surface area contributed by atoms with Crippen molar-refractivity contribution in [1.29, 1.82) is 0 Å². The van der Waals surface area contributed by atoms with Crippen LogP contribution in [0.25, 0.3) is 0 Å². The van der Waals surface area contributed by atoms with Crippen molar-refractivity contribution in [3.05, 3.63) is 0 Å². The lowest BCUT2D eigenvalue weighted by Crippen LogP contribution is -2.37. The van der Waals surface area contributed by atoms with Crippen molar-refractivity contribution in [2.45, 2.75) is 40.2 Å². The molecular weight excluding hydrogens is 124 g/mol. The Morgan fingerprint density at radius 2 is 1.90 bits per heavy atom. The van der Waals surface area contributed by atoms with E-state index in [4.69, 9.17) is 0 Å². The highest BCUT2D eigenvalue weighted by molar-refractivity contribution is 4.53. The molecule has 10 heavy (non-hydrogen) atoms. The molecule has 0 aliphatic carbocycles. The Hall–Kier alpha value is -0.0800. The minimum Gasteiger partial charge on any atom is -0.225 e. The van der Waals surface area contributed by atoms with Crippen LogP contribution in [-0.4, -0.2) is 24.1 Å². The summed E-state index contributed by atoms with van der Waals surface area (Å²) in [5, 5.41) is 2.13. The zero-order valence-corrected chi connectivity index (χ0v) is 7.59. The van der Waals surface area contributed by atoms with Crippen molar-refractivity contribution < 1.29 is 0 Å². The first kappa shape index (κ1) is 9.92. The summed E-state index contributed by atoms with van der Waals surface area (Å²) in [6, 6.07) is 0.552. The molecule has 0 saturated carbocycles. The van der Waals surface area contributed by atoms with E-state index in [0.717, 1.165) is 19.5 Å². The van der Waals surface area contributed by atoms with Crippen molar-refractivity contribution in [2.24, 2.45) is 0 Å². The molecule has 0 spiro atoms. The van der Waals surface area contributed by atoms with Gasteiger partial charge in [-0.05, 0) is 20.3 Å². The summed E-state index contributed by atoms with van der Waals surface area (Å²) in [4.78, 5) is 0. The second-order valence-electron chi connectivity index (χ2n) is 2.71. The van der Waals surface area contributed by atoms with E-state index in [1.54, 1.807) is 0 Å². The zero-order valence-electron chi connectivity index (χ0n) is 7.59. The van der Waals surface area contributed by atoms with Gasteiger partial charge in [0.2, 0.25) is 0 Å². The number of nitrogens with zero attached hydrogens (tertiary/aromatic N) is 2. The van der Waals surface area contributed by atoms with Crippen LogP contribution >= 0.6 is 0 Å². The third kappa shape index (κ3) is 3.85. The molecule has 0 saturated heterocycles. The third-order valence-electron chi connectivity index (χ3n) is 1.43. The van der Waals surface area contributed by atoms with Gasteiger partial charge in [-0.1, -0.05) is 13.8 Å². The van der Waals surface area contributed by atoms with E-state index in [9.17, 15) is 0 Å². The van der Waals surface area contributed by atoms with Gasteiger partial charge in [0.05, 0.1) is 0 Å². The molecule has 0 N–H and O–H groups in total. The van der Waals surface area contributed by atoms with E-state index in [1.165, 1.54) is 0 Å². The first-order valence-corrected chi connectivity index (χ1v) is 4.16. The van der Waals surface area contributed by atoms with E-state index < -0.39 is 0 Å². The monoisotopic (exact) mass is 143 g/mol. The molecule has 0 atom stereocenters. The average Bonchev–Trinajstić information content (AvgIpc) is 1.89. The molecule has 0 fully saturated rings. The SMILES string of the molecule is CCC[N]N(CC)C(C)C. The minimum absolute atomic E-state index is 0.552. The highest BCUT2D eigenvalue weighted by Crippen LogP contribution is 1.93. The van der Waals surface area contributed by atoms with E-state index in [2.05, 4.69) is 38.1 Å². The molecular formula is C8H19N2. The van der Waals surface area contributed by atoms with Crippen LogP contribution in [0.2, 0.25) is 0 Å². The van der Waals surface area contributed by atoms with Crippen molar-refractivity contribution >= 4 is 0 Å². The predicted molar refractivity (Wildman–Crippen MR) is 44.8 cm³/mol. The van der Waals surface area contributed by atoms with Crippen LogP contribution in [-0.2, 0) is 0 Å². The molecule has 0 amide bonds. The molecule has 0 aliphatic heterocycles. The summed E-state index contributed by atoms with van der Waals surface area (Å²) in [5.41, 5.74) is 4.39. The van der Waals surface area contributed by atoms with Gasteiger partial charge in [-0.3, -0.25) is 0 Å². The van der Waals surface area contributed by atoms with Gasteiger partial charge in [-0.25, -0.2) is 5.01 Å². The molecule has 2 nitrogen and oxygen atoms in total. The zero-order chi connectivity index (χ0) is 7.98. The van der Waals surface area contributed by atoms with Crippen LogP contribution in [0.4, 0.5) is 0 Å². The molecule has 0 aliphatic rings. The topological polar surface area (TPSA) is 17.3 Å². The lowest BCUT2D eigenvalue weighted by Gasteiger charge is -2.22. The van der Waals surface area contributed by atoms with Crippen LogP contribution in [0.1, 0.15) is 34.1 Å². The van der Waals surface area contributed by atoms with Gasteiger partial charge in [0, 0.05) is 19.1 Å². The maximum atomic E-state index is 4.39. The van der Waals surface area contributed by atoms with Gasteiger partial charge < -0.3 is 0 Å². The predicted octanol–water partition coefficient (Wildman–Crippen LogP) is 1.65. The molecule has 2 heteroatoms. The molecule has 0 aromatic rings. The molecule has 0 aromatic heterocycles. The smallest absolute Gasteiger partial charge is 0.0304 e. The molecule has 0 heterocycles. The van der Waals surface area contributed by atoms with Crippen molar-refractivity contribution in [3.8, 4) is 0 Å². The Balaban J connectivity index is 3.40. The third-order valence-corrected chi connectivity index (χ3v) is 1.43. The number of hydrogen-bond acceptors (Lipinski definition) is 1. The first-order chi connectivity index (χ1) is 4.72. The maximum absolute atomic E-state index is 4.39. The van der Waals surface area contributed by atoms with Crippen LogP contribution in [0.5, 0.6) is 0 Å². The fourth-order valence-corrected chi connectivity index (χ4v) is 0.857. The summed E-state index contributed by atoms with van der Waals surface area (Å²) >= 11 is 0. The Labute approximate surface area is 64.6 Å². The Morgan fingerprint density at radius 1 is 1.30 bits per heavy atom. The van der Waals surface area contributed by atoms with E-state index in [0.29, 0.717) is 6.04 Å². The summed E-state index contributed by atoms with van der Waals surface area (Å²) in [5.74, 6) is 0. The van der Waals surface area contributed by atoms with Crippen molar-refractivity contribution in [3.63, 3.8) is 0 Å². The normalized spacial score (nSPS) is 11.4. The van der Waals surface area contributed by atoms with Gasteiger partial charge >= 0.3 is 0 Å².